The molecule has 0 aliphatic carbocycles. The average Bonchev–Trinajstić information content (AvgIpc) is 3.64. The number of amides is 1. The van der Waals surface area contributed by atoms with Gasteiger partial charge in [0.15, 0.2) is 0 Å². The summed E-state index contributed by atoms with van der Waals surface area (Å²) in [5.74, 6) is -0.312. The monoisotopic (exact) mass is 917 g/mol. The molecular formula is C48H49Cl3F3N7O2. The lowest BCUT2D eigenvalue weighted by Gasteiger charge is -2.45. The summed E-state index contributed by atoms with van der Waals surface area (Å²) in [5.41, 5.74) is 6.43. The zero-order valence-corrected chi connectivity index (χ0v) is 37.2. The first-order chi connectivity index (χ1) is 30.4. The average molecular weight is 919 g/mol. The van der Waals surface area contributed by atoms with E-state index in [0.717, 1.165) is 82.8 Å². The van der Waals surface area contributed by atoms with Crippen LogP contribution in [-0.2, 0) is 24.4 Å². The molecule has 0 radical (unpaired) electrons. The van der Waals surface area contributed by atoms with Crippen LogP contribution in [0.2, 0.25) is 15.1 Å². The number of nitrogens with zero attached hydrogens (tertiary/aromatic N) is 5. The molecule has 0 spiro atoms. The van der Waals surface area contributed by atoms with Gasteiger partial charge in [0.1, 0.15) is 11.3 Å². The van der Waals surface area contributed by atoms with Crippen molar-refractivity contribution >= 4 is 57.3 Å². The Bertz CT molecular complexity index is 2520. The number of fused-ring (bicyclic) bond motifs is 1. The molecule has 2 aliphatic rings. The van der Waals surface area contributed by atoms with E-state index in [1.54, 1.807) is 18.3 Å². The van der Waals surface area contributed by atoms with Crippen molar-refractivity contribution in [1.82, 2.24) is 30.0 Å². The molecule has 2 aliphatic heterocycles. The maximum atomic E-state index is 14.4. The highest BCUT2D eigenvalue weighted by molar-refractivity contribution is 6.36. The van der Waals surface area contributed by atoms with Crippen LogP contribution in [0.3, 0.4) is 0 Å². The summed E-state index contributed by atoms with van der Waals surface area (Å²) in [6, 6.07) is 29.5. The fourth-order valence-electron chi connectivity index (χ4n) is 8.89. The van der Waals surface area contributed by atoms with Crippen LogP contribution in [0, 0.1) is 0 Å². The summed E-state index contributed by atoms with van der Waals surface area (Å²) in [4.78, 5) is 25.9. The van der Waals surface area contributed by atoms with E-state index >= 15 is 0 Å². The number of hydrogen-bond acceptors (Lipinski definition) is 7. The molecule has 8 rings (SSSR count). The lowest BCUT2D eigenvalue weighted by Crippen LogP contribution is -2.62. The topological polar surface area (TPSA) is 77.9 Å². The van der Waals surface area contributed by atoms with E-state index in [0.29, 0.717) is 67.1 Å². The zero-order valence-electron chi connectivity index (χ0n) is 34.9. The van der Waals surface area contributed by atoms with Crippen LogP contribution in [0.25, 0.3) is 33.3 Å². The van der Waals surface area contributed by atoms with Crippen LogP contribution in [0.15, 0.2) is 109 Å². The minimum Gasteiger partial charge on any atom is -0.406 e. The van der Waals surface area contributed by atoms with Crippen molar-refractivity contribution < 1.29 is 22.7 Å². The fraction of sp³-hybridized carbons (Fsp3) is 0.333. The molecule has 9 nitrogen and oxygen atoms in total. The molecule has 6 aromatic rings. The smallest absolute Gasteiger partial charge is 0.406 e. The Balaban J connectivity index is 0.976. The summed E-state index contributed by atoms with van der Waals surface area (Å²) in [6.45, 7) is 7.38. The largest absolute Gasteiger partial charge is 0.573 e. The van der Waals surface area contributed by atoms with Gasteiger partial charge in [-0.05, 0) is 104 Å². The first kappa shape index (κ1) is 44.8. The molecule has 2 saturated heterocycles. The number of alkyl halides is 3. The van der Waals surface area contributed by atoms with Gasteiger partial charge in [-0.25, -0.2) is 0 Å². The quantitative estimate of drug-likeness (QED) is 0.105. The number of halogens is 6. The molecule has 15 heteroatoms. The van der Waals surface area contributed by atoms with Crippen molar-refractivity contribution in [3.8, 4) is 28.1 Å². The summed E-state index contributed by atoms with van der Waals surface area (Å²) in [7, 11) is 1.97. The number of benzene rings is 4. The van der Waals surface area contributed by atoms with Gasteiger partial charge in [-0.3, -0.25) is 19.6 Å². The molecule has 0 saturated carbocycles. The molecule has 330 valence electrons. The summed E-state index contributed by atoms with van der Waals surface area (Å²) >= 11 is 19.3. The predicted molar refractivity (Wildman–Crippen MR) is 247 cm³/mol. The zero-order chi connectivity index (χ0) is 44.1. The third-order valence-corrected chi connectivity index (χ3v) is 13.2. The van der Waals surface area contributed by atoms with E-state index in [4.69, 9.17) is 39.8 Å². The maximum Gasteiger partial charge on any atom is 0.573 e. The van der Waals surface area contributed by atoms with Gasteiger partial charge in [-0.1, -0.05) is 71.2 Å². The maximum absolute atomic E-state index is 14.4. The van der Waals surface area contributed by atoms with E-state index in [9.17, 15) is 18.0 Å². The normalized spacial score (nSPS) is 16.0. The van der Waals surface area contributed by atoms with Crippen molar-refractivity contribution in [2.45, 2.75) is 50.8 Å². The van der Waals surface area contributed by atoms with Crippen molar-refractivity contribution in [2.24, 2.45) is 0 Å². The van der Waals surface area contributed by atoms with Gasteiger partial charge >= 0.3 is 6.36 Å². The van der Waals surface area contributed by atoms with E-state index in [1.807, 2.05) is 61.6 Å². The van der Waals surface area contributed by atoms with Gasteiger partial charge in [0.25, 0.3) is 0 Å². The van der Waals surface area contributed by atoms with Gasteiger partial charge in [0.2, 0.25) is 5.91 Å². The first-order valence-electron chi connectivity index (χ1n) is 21.2. The van der Waals surface area contributed by atoms with Crippen LogP contribution < -0.4 is 20.3 Å². The van der Waals surface area contributed by atoms with Crippen molar-refractivity contribution in [2.75, 3.05) is 57.8 Å². The highest BCUT2D eigenvalue weighted by Crippen LogP contribution is 2.38. The fourth-order valence-corrected chi connectivity index (χ4v) is 9.60. The Labute approximate surface area is 380 Å². The van der Waals surface area contributed by atoms with Crippen LogP contribution >= 0.6 is 34.8 Å². The van der Waals surface area contributed by atoms with Gasteiger partial charge < -0.3 is 24.8 Å². The van der Waals surface area contributed by atoms with Gasteiger partial charge in [0, 0.05) is 114 Å². The predicted octanol–water partition coefficient (Wildman–Crippen LogP) is 10.3. The number of rotatable bonds is 14. The third kappa shape index (κ3) is 10.4. The van der Waals surface area contributed by atoms with Gasteiger partial charge in [0.05, 0.1) is 11.4 Å². The van der Waals surface area contributed by atoms with Crippen LogP contribution in [0.4, 0.5) is 18.9 Å². The first-order valence-corrected chi connectivity index (χ1v) is 22.3. The molecule has 0 atom stereocenters. The molecule has 4 aromatic carbocycles. The summed E-state index contributed by atoms with van der Waals surface area (Å²) < 4.78 is 45.4. The number of likely N-dealkylation sites (N-methyl/N-ethyl adjacent to an activating group) is 1. The Morgan fingerprint density at radius 2 is 1.56 bits per heavy atom. The van der Waals surface area contributed by atoms with Gasteiger partial charge in [-0.2, -0.15) is 0 Å². The summed E-state index contributed by atoms with van der Waals surface area (Å²) in [5, 5.41) is 9.65. The number of aromatic nitrogens is 2. The molecule has 0 bridgehead atoms. The minimum atomic E-state index is -4.78. The second-order valence-electron chi connectivity index (χ2n) is 16.2. The molecule has 2 fully saturated rings. The summed E-state index contributed by atoms with van der Waals surface area (Å²) in [6.07, 6.45) is 0.908. The lowest BCUT2D eigenvalue weighted by atomic mass is 9.84. The Hall–Kier alpha value is -4.82. The van der Waals surface area contributed by atoms with E-state index in [2.05, 4.69) is 59.0 Å². The number of hydrogen-bond donors (Lipinski definition) is 2. The number of pyridine rings is 1. The Morgan fingerprint density at radius 1 is 0.857 bits per heavy atom. The highest BCUT2D eigenvalue weighted by atomic mass is 35.5. The number of carbonyl (C=O) groups excluding carboxylic acids is 1. The number of ether oxygens (including phenoxy) is 1. The van der Waals surface area contributed by atoms with E-state index < -0.39 is 11.9 Å². The number of piperidine rings is 1. The van der Waals surface area contributed by atoms with Crippen LogP contribution in [0.1, 0.15) is 30.4 Å². The number of carbonyl (C=O) groups is 1. The molecule has 4 heterocycles. The lowest BCUT2D eigenvalue weighted by molar-refractivity contribution is -0.274. The van der Waals surface area contributed by atoms with Gasteiger partial charge in [-0.15, -0.1) is 13.2 Å². The number of anilines is 1. The number of piperazine rings is 1. The van der Waals surface area contributed by atoms with E-state index in [-0.39, 0.29) is 11.7 Å². The molecule has 0 unspecified atom stereocenters. The number of nitrogens with one attached hydrogen (secondary N) is 2. The molecular weight excluding hydrogens is 870 g/mol. The van der Waals surface area contributed by atoms with Crippen LogP contribution in [0.5, 0.6) is 5.75 Å². The second-order valence-corrected chi connectivity index (χ2v) is 17.5. The third-order valence-electron chi connectivity index (χ3n) is 12.3. The standard InChI is InChI=1S/C48H49Cl3F3N7O2/c1-58(44-10-4-19-56-45(44)35-6-2-7-36(49)29-35)47(17-21-55-22-18-47)46(62)57-20-5-23-61-32-39(34-12-14-37(15-13-34)63-48(52,53)54)38-28-33(11-16-43(38)61)30-59-24-26-60(27-25-59)31-40-41(50)8-3-9-42(40)51/h2-4,6-16,19,28-29,32,55H,5,17-18,20-27,30-31H2,1H3,(H,57,62). The van der Waals surface area contributed by atoms with Crippen molar-refractivity contribution in [3.05, 3.63) is 136 Å². The Kier molecular flexibility index (Phi) is 13.9. The molecule has 2 aromatic heterocycles. The highest BCUT2D eigenvalue weighted by Gasteiger charge is 2.44. The molecule has 63 heavy (non-hydrogen) atoms. The minimum absolute atomic E-state index is 0.0373. The molecule has 1 amide bonds. The van der Waals surface area contributed by atoms with E-state index in [1.165, 1.54) is 12.1 Å². The molecule has 2 N–H and O–H groups in total. The number of aryl methyl sites for hydroxylation is 1. The second kappa shape index (κ2) is 19.5. The van der Waals surface area contributed by atoms with Crippen LogP contribution in [-0.4, -0.2) is 90.0 Å². The Morgan fingerprint density at radius 3 is 2.25 bits per heavy atom. The van der Waals surface area contributed by atoms with Crippen molar-refractivity contribution in [1.29, 1.82) is 0 Å². The van der Waals surface area contributed by atoms with Crippen molar-refractivity contribution in [3.63, 3.8) is 0 Å². The SMILES string of the molecule is CN(c1cccnc1-c1cccc(Cl)c1)C1(C(=O)NCCCn2cc(-c3ccc(OC(F)(F)F)cc3)c3cc(CN4CCN(Cc5c(Cl)cccc5Cl)CC4)ccc32)CCNCC1.